The first kappa shape index (κ1) is 21.2. The summed E-state index contributed by atoms with van der Waals surface area (Å²) in [5.74, 6) is -0.212. The Kier molecular flexibility index (Phi) is 7.09. The number of amides is 1. The molecule has 2 saturated heterocycles. The molecule has 0 unspecified atom stereocenters. The van der Waals surface area contributed by atoms with Crippen molar-refractivity contribution in [1.82, 2.24) is 19.4 Å². The molecule has 0 radical (unpaired) electrons. The summed E-state index contributed by atoms with van der Waals surface area (Å²) < 4.78 is 27.7. The molecule has 3 rings (SSSR count). The molecule has 1 N–H and O–H groups in total. The van der Waals surface area contributed by atoms with Gasteiger partial charge in [0.2, 0.25) is 10.0 Å². The zero-order valence-electron chi connectivity index (χ0n) is 17.0. The summed E-state index contributed by atoms with van der Waals surface area (Å²) in [7, 11) is -1.60. The molecule has 2 heterocycles. The normalized spacial score (nSPS) is 19.8. The number of hydrogen-bond acceptors (Lipinski definition) is 5. The summed E-state index contributed by atoms with van der Waals surface area (Å²) in [5, 5.41) is 2.93. The fraction of sp³-hybridized carbons (Fsp3) is 0.650. The van der Waals surface area contributed by atoms with E-state index in [1.165, 1.54) is 23.2 Å². The van der Waals surface area contributed by atoms with Crippen molar-refractivity contribution < 1.29 is 13.2 Å². The molecule has 8 heteroatoms. The molecule has 1 amide bonds. The number of nitrogens with zero attached hydrogens (tertiary/aromatic N) is 3. The van der Waals surface area contributed by atoms with Gasteiger partial charge in [0.15, 0.2) is 0 Å². The summed E-state index contributed by atoms with van der Waals surface area (Å²) in [5.41, 5.74) is 1.07. The van der Waals surface area contributed by atoms with Crippen molar-refractivity contribution in [3.8, 4) is 0 Å². The number of benzene rings is 1. The van der Waals surface area contributed by atoms with Gasteiger partial charge in [0.25, 0.3) is 5.91 Å². The highest BCUT2D eigenvalue weighted by atomic mass is 32.2. The minimum Gasteiger partial charge on any atom is -0.352 e. The van der Waals surface area contributed by atoms with Gasteiger partial charge in [0.1, 0.15) is 0 Å². The lowest BCUT2D eigenvalue weighted by atomic mass is 10.1. The van der Waals surface area contributed by atoms with Crippen LogP contribution in [0.3, 0.4) is 0 Å². The van der Waals surface area contributed by atoms with Crippen LogP contribution < -0.4 is 5.32 Å². The van der Waals surface area contributed by atoms with Crippen LogP contribution in [0.4, 0.5) is 0 Å². The number of likely N-dealkylation sites (N-methyl/N-ethyl adjacent to an activating group) is 1. The van der Waals surface area contributed by atoms with Crippen LogP contribution in [0.2, 0.25) is 0 Å². The average molecular weight is 409 g/mol. The van der Waals surface area contributed by atoms with Crippen LogP contribution in [0.5, 0.6) is 0 Å². The maximum atomic E-state index is 13.1. The van der Waals surface area contributed by atoms with E-state index in [0.29, 0.717) is 30.8 Å². The summed E-state index contributed by atoms with van der Waals surface area (Å²) in [4.78, 5) is 17.3. The van der Waals surface area contributed by atoms with E-state index in [0.717, 1.165) is 39.1 Å². The van der Waals surface area contributed by atoms with E-state index in [4.69, 9.17) is 0 Å². The Bertz CT molecular complexity index is 783. The van der Waals surface area contributed by atoms with Gasteiger partial charge in [-0.25, -0.2) is 8.42 Å². The van der Waals surface area contributed by atoms with Gasteiger partial charge in [-0.15, -0.1) is 0 Å². The summed E-state index contributed by atoms with van der Waals surface area (Å²) >= 11 is 0. The third-order valence-corrected chi connectivity index (χ3v) is 7.71. The fourth-order valence-electron chi connectivity index (χ4n) is 3.80. The molecule has 0 bridgehead atoms. The van der Waals surface area contributed by atoms with Gasteiger partial charge < -0.3 is 15.1 Å². The maximum absolute atomic E-state index is 13.1. The van der Waals surface area contributed by atoms with Crippen LogP contribution in [0, 0.1) is 6.92 Å². The molecule has 2 fully saturated rings. The molecule has 156 valence electrons. The lowest BCUT2D eigenvalue weighted by Crippen LogP contribution is -2.47. The van der Waals surface area contributed by atoms with E-state index in [1.807, 2.05) is 7.05 Å². The highest BCUT2D eigenvalue weighted by Gasteiger charge is 2.29. The Morgan fingerprint density at radius 1 is 1.07 bits per heavy atom. The maximum Gasteiger partial charge on any atom is 0.251 e. The zero-order valence-corrected chi connectivity index (χ0v) is 17.8. The van der Waals surface area contributed by atoms with Gasteiger partial charge in [-0.1, -0.05) is 6.07 Å². The van der Waals surface area contributed by atoms with Crippen LogP contribution in [-0.4, -0.2) is 87.8 Å². The number of nitrogens with one attached hydrogen (secondary N) is 1. The largest absolute Gasteiger partial charge is 0.352 e. The molecular formula is C20H32N4O3S. The van der Waals surface area contributed by atoms with E-state index in [9.17, 15) is 13.2 Å². The number of rotatable bonds is 7. The van der Waals surface area contributed by atoms with Crippen molar-refractivity contribution in [2.45, 2.75) is 31.1 Å². The molecule has 0 aliphatic carbocycles. The molecule has 0 spiro atoms. The Morgan fingerprint density at radius 3 is 2.43 bits per heavy atom. The van der Waals surface area contributed by atoms with E-state index in [1.54, 1.807) is 19.1 Å². The minimum absolute atomic E-state index is 0.212. The number of likely N-dealkylation sites (tertiary alicyclic amines) is 1. The van der Waals surface area contributed by atoms with Gasteiger partial charge in [0, 0.05) is 38.3 Å². The predicted molar refractivity (Wildman–Crippen MR) is 110 cm³/mol. The summed E-state index contributed by atoms with van der Waals surface area (Å²) in [6.45, 7) is 8.07. The number of carbonyl (C=O) groups excluding carboxylic acids is 1. The van der Waals surface area contributed by atoms with E-state index in [2.05, 4.69) is 15.1 Å². The quantitative estimate of drug-likeness (QED) is 0.685. The number of aryl methyl sites for hydroxylation is 1. The Hall–Kier alpha value is -1.48. The van der Waals surface area contributed by atoms with Gasteiger partial charge in [-0.05, 0) is 70.6 Å². The van der Waals surface area contributed by atoms with E-state index < -0.39 is 10.0 Å². The second-order valence-corrected chi connectivity index (χ2v) is 9.75. The van der Waals surface area contributed by atoms with Crippen molar-refractivity contribution in [1.29, 1.82) is 0 Å². The van der Waals surface area contributed by atoms with Crippen molar-refractivity contribution in [2.75, 3.05) is 59.4 Å². The fourth-order valence-corrected chi connectivity index (χ4v) is 5.47. The smallest absolute Gasteiger partial charge is 0.251 e. The van der Waals surface area contributed by atoms with E-state index in [-0.39, 0.29) is 10.8 Å². The Morgan fingerprint density at radius 2 is 1.75 bits per heavy atom. The van der Waals surface area contributed by atoms with Crippen LogP contribution >= 0.6 is 0 Å². The number of carbonyl (C=O) groups is 1. The first-order chi connectivity index (χ1) is 13.4. The third kappa shape index (κ3) is 5.11. The molecule has 7 nitrogen and oxygen atoms in total. The second-order valence-electron chi connectivity index (χ2n) is 7.85. The molecule has 0 atom stereocenters. The summed E-state index contributed by atoms with van der Waals surface area (Å²) in [6, 6.07) is 4.95. The molecule has 2 aliphatic rings. The number of piperazine rings is 1. The highest BCUT2D eigenvalue weighted by molar-refractivity contribution is 7.89. The van der Waals surface area contributed by atoms with Crippen molar-refractivity contribution in [3.63, 3.8) is 0 Å². The molecule has 0 aromatic heterocycles. The summed E-state index contributed by atoms with van der Waals surface area (Å²) in [6.07, 6.45) is 3.44. The van der Waals surface area contributed by atoms with Gasteiger partial charge in [-0.2, -0.15) is 4.31 Å². The number of hydrogen-bond donors (Lipinski definition) is 1. The van der Waals surface area contributed by atoms with Gasteiger partial charge in [0.05, 0.1) is 4.90 Å². The van der Waals surface area contributed by atoms with Gasteiger partial charge in [-0.3, -0.25) is 4.79 Å². The monoisotopic (exact) mass is 408 g/mol. The standard InChI is InChI=1S/C20H32N4O3S/c1-17-6-7-18(20(25)21-8-5-11-23-9-3-4-10-23)16-19(17)28(26,27)24-14-12-22(2)13-15-24/h6-7,16H,3-5,8-15H2,1-2H3,(H,21,25). The lowest BCUT2D eigenvalue weighted by Gasteiger charge is -2.32. The van der Waals surface area contributed by atoms with Crippen molar-refractivity contribution in [2.24, 2.45) is 0 Å². The van der Waals surface area contributed by atoms with E-state index >= 15 is 0 Å². The lowest BCUT2D eigenvalue weighted by molar-refractivity contribution is 0.0952. The zero-order chi connectivity index (χ0) is 20.1. The highest BCUT2D eigenvalue weighted by Crippen LogP contribution is 2.22. The molecule has 0 saturated carbocycles. The average Bonchev–Trinajstić information content (AvgIpc) is 3.19. The number of sulfonamides is 1. The predicted octanol–water partition coefficient (Wildman–Crippen LogP) is 1.15. The van der Waals surface area contributed by atoms with Crippen LogP contribution in [0.1, 0.15) is 35.2 Å². The Labute approximate surface area is 168 Å². The molecule has 2 aliphatic heterocycles. The van der Waals surface area contributed by atoms with Crippen molar-refractivity contribution in [3.05, 3.63) is 29.3 Å². The first-order valence-electron chi connectivity index (χ1n) is 10.2. The second kappa shape index (κ2) is 9.35. The van der Waals surface area contributed by atoms with Crippen molar-refractivity contribution >= 4 is 15.9 Å². The van der Waals surface area contributed by atoms with Crippen LogP contribution in [-0.2, 0) is 10.0 Å². The van der Waals surface area contributed by atoms with Crippen LogP contribution in [0.25, 0.3) is 0 Å². The Balaban J connectivity index is 1.62. The topological polar surface area (TPSA) is 73.0 Å². The van der Waals surface area contributed by atoms with Gasteiger partial charge >= 0.3 is 0 Å². The minimum atomic E-state index is -3.59. The first-order valence-corrected chi connectivity index (χ1v) is 11.6. The molecule has 28 heavy (non-hydrogen) atoms. The molecular weight excluding hydrogens is 376 g/mol. The van der Waals surface area contributed by atoms with Crippen LogP contribution in [0.15, 0.2) is 23.1 Å². The SMILES string of the molecule is Cc1ccc(C(=O)NCCCN2CCCC2)cc1S(=O)(=O)N1CCN(C)CC1. The third-order valence-electron chi connectivity index (χ3n) is 5.67. The molecule has 1 aromatic rings. The molecule has 1 aromatic carbocycles.